The van der Waals surface area contributed by atoms with Crippen molar-refractivity contribution in [2.45, 2.75) is 26.3 Å². The predicted octanol–water partition coefficient (Wildman–Crippen LogP) is 2.63. The van der Waals surface area contributed by atoms with Crippen molar-refractivity contribution in [3.8, 4) is 5.75 Å². The van der Waals surface area contributed by atoms with Gasteiger partial charge in [-0.15, -0.1) is 0 Å². The van der Waals surface area contributed by atoms with Crippen molar-refractivity contribution in [3.05, 3.63) is 47.8 Å². The molecule has 0 spiro atoms. The minimum atomic E-state index is -0.221. The van der Waals surface area contributed by atoms with Crippen LogP contribution in [-0.2, 0) is 6.54 Å². The SMILES string of the molecule is CCCCNc1nccc(C(=O)NCc2ccc(OC)cc2)n1. The number of amides is 1. The molecule has 1 amide bonds. The van der Waals surface area contributed by atoms with Gasteiger partial charge in [0.25, 0.3) is 5.91 Å². The van der Waals surface area contributed by atoms with Crippen LogP contribution in [0.15, 0.2) is 36.5 Å². The highest BCUT2D eigenvalue weighted by Crippen LogP contribution is 2.11. The Balaban J connectivity index is 1.90. The maximum atomic E-state index is 12.2. The number of anilines is 1. The molecule has 0 aliphatic carbocycles. The summed E-state index contributed by atoms with van der Waals surface area (Å²) in [5, 5.41) is 5.96. The zero-order valence-electron chi connectivity index (χ0n) is 13.5. The Morgan fingerprint density at radius 3 is 2.70 bits per heavy atom. The Kier molecular flexibility index (Phi) is 6.35. The standard InChI is InChI=1S/C17H22N4O2/c1-3-4-10-18-17-19-11-9-15(21-17)16(22)20-12-13-5-7-14(23-2)8-6-13/h5-9,11H,3-4,10,12H2,1-2H3,(H,20,22)(H,18,19,21). The third-order valence-electron chi connectivity index (χ3n) is 3.31. The number of carbonyl (C=O) groups is 1. The summed E-state index contributed by atoms with van der Waals surface area (Å²) >= 11 is 0. The van der Waals surface area contributed by atoms with Gasteiger partial charge in [0.2, 0.25) is 5.95 Å². The van der Waals surface area contributed by atoms with Gasteiger partial charge in [-0.25, -0.2) is 9.97 Å². The molecule has 23 heavy (non-hydrogen) atoms. The van der Waals surface area contributed by atoms with Gasteiger partial charge in [0, 0.05) is 19.3 Å². The molecule has 0 saturated heterocycles. The average molecular weight is 314 g/mol. The second kappa shape index (κ2) is 8.73. The minimum absolute atomic E-state index is 0.221. The van der Waals surface area contributed by atoms with Crippen molar-refractivity contribution in [1.29, 1.82) is 0 Å². The van der Waals surface area contributed by atoms with Crippen LogP contribution in [-0.4, -0.2) is 29.5 Å². The van der Waals surface area contributed by atoms with Crippen LogP contribution in [0.25, 0.3) is 0 Å². The van der Waals surface area contributed by atoms with E-state index in [1.165, 1.54) is 0 Å². The Bertz CT molecular complexity index is 629. The number of aromatic nitrogens is 2. The van der Waals surface area contributed by atoms with E-state index in [4.69, 9.17) is 4.74 Å². The van der Waals surface area contributed by atoms with Gasteiger partial charge in [-0.05, 0) is 30.2 Å². The van der Waals surface area contributed by atoms with Gasteiger partial charge < -0.3 is 15.4 Å². The Labute approximate surface area is 136 Å². The highest BCUT2D eigenvalue weighted by molar-refractivity contribution is 5.92. The number of nitrogens with zero attached hydrogens (tertiary/aromatic N) is 2. The van der Waals surface area contributed by atoms with Crippen molar-refractivity contribution >= 4 is 11.9 Å². The number of benzene rings is 1. The zero-order chi connectivity index (χ0) is 16.5. The first-order valence-corrected chi connectivity index (χ1v) is 7.71. The van der Waals surface area contributed by atoms with E-state index < -0.39 is 0 Å². The van der Waals surface area contributed by atoms with Crippen LogP contribution >= 0.6 is 0 Å². The fraction of sp³-hybridized carbons (Fsp3) is 0.353. The number of hydrogen-bond donors (Lipinski definition) is 2. The highest BCUT2D eigenvalue weighted by atomic mass is 16.5. The molecule has 1 aromatic carbocycles. The summed E-state index contributed by atoms with van der Waals surface area (Å²) in [6, 6.07) is 9.16. The third kappa shape index (κ3) is 5.25. The first kappa shape index (κ1) is 16.7. The molecular formula is C17H22N4O2. The molecule has 1 aromatic heterocycles. The van der Waals surface area contributed by atoms with Gasteiger partial charge in [0.15, 0.2) is 0 Å². The Morgan fingerprint density at radius 2 is 2.00 bits per heavy atom. The quantitative estimate of drug-likeness (QED) is 0.733. The lowest BCUT2D eigenvalue weighted by atomic mass is 10.2. The largest absolute Gasteiger partial charge is 0.497 e. The monoisotopic (exact) mass is 314 g/mol. The number of hydrogen-bond acceptors (Lipinski definition) is 5. The highest BCUT2D eigenvalue weighted by Gasteiger charge is 2.08. The fourth-order valence-electron chi connectivity index (χ4n) is 1.96. The third-order valence-corrected chi connectivity index (χ3v) is 3.31. The van der Waals surface area contributed by atoms with E-state index in [0.717, 1.165) is 30.7 Å². The summed E-state index contributed by atoms with van der Waals surface area (Å²) in [5.74, 6) is 1.05. The van der Waals surface area contributed by atoms with Gasteiger partial charge >= 0.3 is 0 Å². The van der Waals surface area contributed by atoms with E-state index in [2.05, 4.69) is 27.5 Å². The van der Waals surface area contributed by atoms with Crippen molar-refractivity contribution in [2.75, 3.05) is 19.0 Å². The van der Waals surface area contributed by atoms with Crippen molar-refractivity contribution in [3.63, 3.8) is 0 Å². The average Bonchev–Trinajstić information content (AvgIpc) is 2.60. The molecular weight excluding hydrogens is 292 g/mol. The summed E-state index contributed by atoms with van der Waals surface area (Å²) in [6.45, 7) is 3.35. The molecule has 0 bridgehead atoms. The summed E-state index contributed by atoms with van der Waals surface area (Å²) in [7, 11) is 1.62. The van der Waals surface area contributed by atoms with Crippen molar-refractivity contribution < 1.29 is 9.53 Å². The zero-order valence-corrected chi connectivity index (χ0v) is 13.5. The first-order chi connectivity index (χ1) is 11.2. The molecule has 1 heterocycles. The summed E-state index contributed by atoms with van der Waals surface area (Å²) in [5.41, 5.74) is 1.35. The van der Waals surface area contributed by atoms with E-state index in [9.17, 15) is 4.79 Å². The number of ether oxygens (including phenoxy) is 1. The summed E-state index contributed by atoms with van der Waals surface area (Å²) in [6.07, 6.45) is 3.72. The van der Waals surface area contributed by atoms with Crippen LogP contribution in [0.3, 0.4) is 0 Å². The van der Waals surface area contributed by atoms with Gasteiger partial charge in [-0.1, -0.05) is 25.5 Å². The maximum absolute atomic E-state index is 12.2. The molecule has 0 atom stereocenters. The van der Waals surface area contributed by atoms with Crippen LogP contribution < -0.4 is 15.4 Å². The van der Waals surface area contributed by atoms with Crippen LogP contribution in [0.4, 0.5) is 5.95 Å². The molecule has 0 fully saturated rings. The number of carbonyl (C=O) groups excluding carboxylic acids is 1. The van der Waals surface area contributed by atoms with Gasteiger partial charge in [-0.3, -0.25) is 4.79 Å². The van der Waals surface area contributed by atoms with E-state index in [0.29, 0.717) is 18.2 Å². The summed E-state index contributed by atoms with van der Waals surface area (Å²) in [4.78, 5) is 20.5. The van der Waals surface area contributed by atoms with Gasteiger partial charge in [0.05, 0.1) is 7.11 Å². The number of unbranched alkanes of at least 4 members (excludes halogenated alkanes) is 1. The molecule has 122 valence electrons. The molecule has 0 unspecified atom stereocenters. The van der Waals surface area contributed by atoms with E-state index in [-0.39, 0.29) is 5.91 Å². The van der Waals surface area contributed by atoms with E-state index in [1.807, 2.05) is 24.3 Å². The van der Waals surface area contributed by atoms with Crippen LogP contribution in [0.5, 0.6) is 5.75 Å². The van der Waals surface area contributed by atoms with Gasteiger partial charge in [-0.2, -0.15) is 0 Å². The van der Waals surface area contributed by atoms with Crippen LogP contribution in [0.1, 0.15) is 35.8 Å². The molecule has 0 aliphatic heterocycles. The lowest BCUT2D eigenvalue weighted by Gasteiger charge is -2.07. The normalized spacial score (nSPS) is 10.2. The molecule has 2 aromatic rings. The smallest absolute Gasteiger partial charge is 0.270 e. The maximum Gasteiger partial charge on any atom is 0.270 e. The topological polar surface area (TPSA) is 76.1 Å². The molecule has 0 aliphatic rings. The van der Waals surface area contributed by atoms with Crippen molar-refractivity contribution in [1.82, 2.24) is 15.3 Å². The molecule has 6 heteroatoms. The minimum Gasteiger partial charge on any atom is -0.497 e. The second-order valence-corrected chi connectivity index (χ2v) is 5.08. The molecule has 2 rings (SSSR count). The van der Waals surface area contributed by atoms with Crippen LogP contribution in [0.2, 0.25) is 0 Å². The van der Waals surface area contributed by atoms with Crippen molar-refractivity contribution in [2.24, 2.45) is 0 Å². The fourth-order valence-corrected chi connectivity index (χ4v) is 1.96. The van der Waals surface area contributed by atoms with Crippen LogP contribution in [0, 0.1) is 0 Å². The Morgan fingerprint density at radius 1 is 1.22 bits per heavy atom. The Hall–Kier alpha value is -2.63. The molecule has 2 N–H and O–H groups in total. The lowest BCUT2D eigenvalue weighted by Crippen LogP contribution is -2.24. The molecule has 0 radical (unpaired) electrons. The number of methoxy groups -OCH3 is 1. The number of nitrogens with one attached hydrogen (secondary N) is 2. The first-order valence-electron chi connectivity index (χ1n) is 7.71. The van der Waals surface area contributed by atoms with E-state index >= 15 is 0 Å². The second-order valence-electron chi connectivity index (χ2n) is 5.08. The van der Waals surface area contributed by atoms with E-state index in [1.54, 1.807) is 19.4 Å². The summed E-state index contributed by atoms with van der Waals surface area (Å²) < 4.78 is 5.11. The predicted molar refractivity (Wildman–Crippen MR) is 89.6 cm³/mol. The molecule has 6 nitrogen and oxygen atoms in total. The number of rotatable bonds is 8. The molecule has 0 saturated carbocycles. The lowest BCUT2D eigenvalue weighted by molar-refractivity contribution is 0.0946. The van der Waals surface area contributed by atoms with Gasteiger partial charge in [0.1, 0.15) is 11.4 Å².